The number of amides is 3. The van der Waals surface area contributed by atoms with Crippen molar-refractivity contribution in [3.63, 3.8) is 0 Å². The first kappa shape index (κ1) is 12.1. The maximum atomic E-state index is 11.2. The zero-order chi connectivity index (χ0) is 12.1. The molecule has 0 radical (unpaired) electrons. The van der Waals surface area contributed by atoms with Gasteiger partial charge in [0.15, 0.2) is 0 Å². The highest BCUT2D eigenvalue weighted by Crippen LogP contribution is 2.08. The second kappa shape index (κ2) is 5.21. The van der Waals surface area contributed by atoms with Crippen LogP contribution in [0, 0.1) is 0 Å². The lowest BCUT2D eigenvalue weighted by molar-refractivity contribution is -0.234. The van der Waals surface area contributed by atoms with Gasteiger partial charge in [-0.25, -0.2) is 4.79 Å². The van der Waals surface area contributed by atoms with Crippen molar-refractivity contribution in [2.24, 2.45) is 0 Å². The Balaban J connectivity index is 2.36. The molecular formula is C8H10N2O6. The van der Waals surface area contributed by atoms with E-state index >= 15 is 0 Å². The standard InChI is InChI=1S/C8H10N2O6/c11-5(1-4-8(14)16-15)9-10-6(12)2-3-7(10)13/h15H,1-4H2,(H,9,11). The Hall–Kier alpha value is -1.96. The van der Waals surface area contributed by atoms with E-state index in [0.29, 0.717) is 5.01 Å². The van der Waals surface area contributed by atoms with Gasteiger partial charge in [-0.3, -0.25) is 19.8 Å². The van der Waals surface area contributed by atoms with Crippen LogP contribution >= 0.6 is 0 Å². The van der Waals surface area contributed by atoms with Crippen LogP contribution in [-0.4, -0.2) is 34.0 Å². The van der Waals surface area contributed by atoms with Crippen LogP contribution in [-0.2, 0) is 24.1 Å². The highest BCUT2D eigenvalue weighted by molar-refractivity contribution is 6.03. The normalized spacial score (nSPS) is 15.2. The molecule has 0 aromatic heterocycles. The van der Waals surface area contributed by atoms with Crippen LogP contribution in [0.5, 0.6) is 0 Å². The molecular weight excluding hydrogens is 220 g/mol. The van der Waals surface area contributed by atoms with E-state index in [9.17, 15) is 19.2 Å². The molecule has 0 aromatic rings. The van der Waals surface area contributed by atoms with Gasteiger partial charge in [-0.15, -0.1) is 0 Å². The van der Waals surface area contributed by atoms with Crippen LogP contribution in [0.3, 0.4) is 0 Å². The maximum Gasteiger partial charge on any atom is 0.342 e. The van der Waals surface area contributed by atoms with Gasteiger partial charge in [0.25, 0.3) is 0 Å². The van der Waals surface area contributed by atoms with Crippen molar-refractivity contribution >= 4 is 23.7 Å². The lowest BCUT2D eigenvalue weighted by atomic mass is 10.3. The molecule has 8 heteroatoms. The van der Waals surface area contributed by atoms with Crippen molar-refractivity contribution in [3.05, 3.63) is 0 Å². The predicted octanol–water partition coefficient (Wildman–Crippen LogP) is -1.04. The summed E-state index contributed by atoms with van der Waals surface area (Å²) < 4.78 is 0. The summed E-state index contributed by atoms with van der Waals surface area (Å²) >= 11 is 0. The molecule has 1 rings (SSSR count). The molecule has 16 heavy (non-hydrogen) atoms. The van der Waals surface area contributed by atoms with Gasteiger partial charge in [0, 0.05) is 19.3 Å². The summed E-state index contributed by atoms with van der Waals surface area (Å²) in [6, 6.07) is 0. The summed E-state index contributed by atoms with van der Waals surface area (Å²) in [7, 11) is 0. The van der Waals surface area contributed by atoms with Crippen molar-refractivity contribution in [1.29, 1.82) is 0 Å². The molecule has 0 aromatic carbocycles. The Morgan fingerprint density at radius 1 is 1.25 bits per heavy atom. The Bertz CT molecular complexity index is 323. The second-order valence-corrected chi connectivity index (χ2v) is 3.12. The minimum absolute atomic E-state index is 0.0673. The predicted molar refractivity (Wildman–Crippen MR) is 47.2 cm³/mol. The first-order valence-corrected chi connectivity index (χ1v) is 4.54. The van der Waals surface area contributed by atoms with E-state index in [1.54, 1.807) is 0 Å². The molecule has 0 bridgehead atoms. The Morgan fingerprint density at radius 2 is 1.81 bits per heavy atom. The van der Waals surface area contributed by atoms with Crippen LogP contribution in [0.2, 0.25) is 0 Å². The first-order valence-electron chi connectivity index (χ1n) is 4.54. The largest absolute Gasteiger partial charge is 0.342 e. The van der Waals surface area contributed by atoms with Crippen LogP contribution in [0.4, 0.5) is 0 Å². The van der Waals surface area contributed by atoms with Gasteiger partial charge < -0.3 is 4.89 Å². The number of hydrogen-bond donors (Lipinski definition) is 2. The average Bonchev–Trinajstić information content (AvgIpc) is 2.57. The zero-order valence-electron chi connectivity index (χ0n) is 8.26. The molecule has 2 N–H and O–H groups in total. The molecule has 1 heterocycles. The fraction of sp³-hybridized carbons (Fsp3) is 0.500. The summed E-state index contributed by atoms with van der Waals surface area (Å²) in [5, 5.41) is 8.55. The van der Waals surface area contributed by atoms with Gasteiger partial charge in [-0.2, -0.15) is 10.3 Å². The van der Waals surface area contributed by atoms with Crippen LogP contribution < -0.4 is 5.43 Å². The highest BCUT2D eigenvalue weighted by Gasteiger charge is 2.30. The first-order chi connectivity index (χ1) is 7.54. The molecule has 0 atom stereocenters. The van der Waals surface area contributed by atoms with E-state index in [1.165, 1.54) is 0 Å². The Labute approximate surface area is 90.1 Å². The molecule has 0 aliphatic carbocycles. The molecule has 1 saturated heterocycles. The van der Waals surface area contributed by atoms with Crippen molar-refractivity contribution in [3.8, 4) is 0 Å². The molecule has 88 valence electrons. The van der Waals surface area contributed by atoms with Crippen molar-refractivity contribution in [2.45, 2.75) is 25.7 Å². The number of rotatable bonds is 4. The summed E-state index contributed by atoms with van der Waals surface area (Å²) in [4.78, 5) is 47.1. The number of hydrazine groups is 1. The molecule has 0 saturated carbocycles. The van der Waals surface area contributed by atoms with E-state index in [-0.39, 0.29) is 25.7 Å². The minimum Gasteiger partial charge on any atom is -0.301 e. The Kier molecular flexibility index (Phi) is 3.95. The molecule has 8 nitrogen and oxygen atoms in total. The van der Waals surface area contributed by atoms with Gasteiger partial charge >= 0.3 is 5.97 Å². The fourth-order valence-electron chi connectivity index (χ4n) is 1.14. The number of hydrogen-bond acceptors (Lipinski definition) is 6. The molecule has 3 amide bonds. The van der Waals surface area contributed by atoms with E-state index < -0.39 is 23.7 Å². The zero-order valence-corrected chi connectivity index (χ0v) is 8.26. The fourth-order valence-corrected chi connectivity index (χ4v) is 1.14. The number of imide groups is 1. The highest BCUT2D eigenvalue weighted by atomic mass is 17.1. The summed E-state index contributed by atoms with van der Waals surface area (Å²) in [6.45, 7) is 0. The molecule has 0 unspecified atom stereocenters. The number of carbonyl (C=O) groups excluding carboxylic acids is 4. The molecule has 1 aliphatic rings. The van der Waals surface area contributed by atoms with Crippen molar-refractivity contribution in [2.75, 3.05) is 0 Å². The Morgan fingerprint density at radius 3 is 2.31 bits per heavy atom. The van der Waals surface area contributed by atoms with Gasteiger partial charge in [0.2, 0.25) is 17.7 Å². The van der Waals surface area contributed by atoms with E-state index in [0.717, 1.165) is 0 Å². The van der Waals surface area contributed by atoms with Gasteiger partial charge in [-0.1, -0.05) is 0 Å². The third-order valence-electron chi connectivity index (χ3n) is 1.95. The lowest BCUT2D eigenvalue weighted by Gasteiger charge is -2.14. The number of nitrogens with zero attached hydrogens (tertiary/aromatic N) is 1. The summed E-state index contributed by atoms with van der Waals surface area (Å²) in [5.41, 5.74) is 2.06. The van der Waals surface area contributed by atoms with Crippen LogP contribution in [0.15, 0.2) is 0 Å². The van der Waals surface area contributed by atoms with Gasteiger partial charge in [-0.05, 0) is 0 Å². The maximum absolute atomic E-state index is 11.2. The molecule has 1 fully saturated rings. The lowest BCUT2D eigenvalue weighted by Crippen LogP contribution is -2.45. The summed E-state index contributed by atoms with van der Waals surface area (Å²) in [6.07, 6.45) is -0.482. The minimum atomic E-state index is -0.964. The van der Waals surface area contributed by atoms with Gasteiger partial charge in [0.05, 0.1) is 6.42 Å². The third-order valence-corrected chi connectivity index (χ3v) is 1.95. The quantitative estimate of drug-likeness (QED) is 0.362. The third kappa shape index (κ3) is 3.02. The van der Waals surface area contributed by atoms with Gasteiger partial charge in [0.1, 0.15) is 0 Å². The van der Waals surface area contributed by atoms with E-state index in [2.05, 4.69) is 10.3 Å². The second-order valence-electron chi connectivity index (χ2n) is 3.12. The average molecular weight is 230 g/mol. The topological polar surface area (TPSA) is 113 Å². The van der Waals surface area contributed by atoms with Crippen molar-refractivity contribution in [1.82, 2.24) is 10.4 Å². The van der Waals surface area contributed by atoms with Crippen molar-refractivity contribution < 1.29 is 29.3 Å². The number of carbonyl (C=O) groups is 4. The van der Waals surface area contributed by atoms with Crippen LogP contribution in [0.1, 0.15) is 25.7 Å². The summed E-state index contributed by atoms with van der Waals surface area (Å²) in [5.74, 6) is -2.60. The van der Waals surface area contributed by atoms with Crippen LogP contribution in [0.25, 0.3) is 0 Å². The number of nitrogens with one attached hydrogen (secondary N) is 1. The van der Waals surface area contributed by atoms with E-state index in [4.69, 9.17) is 5.26 Å². The smallest absolute Gasteiger partial charge is 0.301 e. The molecule has 1 aliphatic heterocycles. The SMILES string of the molecule is O=C(CCC(=O)OO)NN1C(=O)CCC1=O. The monoisotopic (exact) mass is 230 g/mol. The van der Waals surface area contributed by atoms with E-state index in [1.807, 2.05) is 0 Å². The molecule has 0 spiro atoms.